The topological polar surface area (TPSA) is 44.5 Å². The highest BCUT2D eigenvalue weighted by Gasteiger charge is 2.68. The molecule has 4 fully saturated rings. The molecule has 0 radical (unpaired) electrons. The van der Waals surface area contributed by atoms with Gasteiger partial charge in [-0.15, -0.1) is 12.4 Å². The first kappa shape index (κ1) is 19.3. The van der Waals surface area contributed by atoms with E-state index in [9.17, 15) is 0 Å². The predicted octanol–water partition coefficient (Wildman–Crippen LogP) is 4.57. The third-order valence-electron chi connectivity index (χ3n) is 7.77. The van der Waals surface area contributed by atoms with Gasteiger partial charge in [0.2, 0.25) is 0 Å². The van der Waals surface area contributed by atoms with Gasteiger partial charge in [0.05, 0.1) is 11.7 Å². The first-order chi connectivity index (χ1) is 12.4. The number of benzene rings is 2. The van der Waals surface area contributed by atoms with Gasteiger partial charge in [-0.3, -0.25) is 0 Å². The molecule has 6 rings (SSSR count). The summed E-state index contributed by atoms with van der Waals surface area (Å²) in [7, 11) is -0.254. The SMILES string of the molecule is CC1(C)[C@@H]2C[C@H]3OB([C@@H](CN)c4cccc5ccccc45)O[C@@]3(C)[C@H]1C2.Cl. The fraction of sp³-hybridized carbons (Fsp3) is 0.545. The largest absolute Gasteiger partial charge is 0.466 e. The zero-order chi connectivity index (χ0) is 18.1. The molecule has 1 heterocycles. The van der Waals surface area contributed by atoms with Gasteiger partial charge in [-0.25, -0.2) is 0 Å². The number of nitrogens with two attached hydrogens (primary N) is 1. The van der Waals surface area contributed by atoms with Gasteiger partial charge < -0.3 is 15.0 Å². The van der Waals surface area contributed by atoms with Gasteiger partial charge in [0.15, 0.2) is 0 Å². The highest BCUT2D eigenvalue weighted by Crippen LogP contribution is 2.66. The van der Waals surface area contributed by atoms with Crippen LogP contribution in [0.3, 0.4) is 0 Å². The number of rotatable bonds is 3. The molecule has 0 aromatic heterocycles. The quantitative estimate of drug-likeness (QED) is 0.787. The zero-order valence-corrected chi connectivity index (χ0v) is 17.2. The summed E-state index contributed by atoms with van der Waals surface area (Å²) in [5, 5.41) is 2.50. The van der Waals surface area contributed by atoms with Crippen molar-refractivity contribution in [2.75, 3.05) is 6.54 Å². The van der Waals surface area contributed by atoms with Gasteiger partial charge in [0.1, 0.15) is 0 Å². The van der Waals surface area contributed by atoms with E-state index in [4.69, 9.17) is 15.0 Å². The van der Waals surface area contributed by atoms with Crippen LogP contribution in [-0.4, -0.2) is 25.4 Å². The van der Waals surface area contributed by atoms with E-state index in [1.807, 2.05) is 0 Å². The van der Waals surface area contributed by atoms with Crippen molar-refractivity contribution in [1.82, 2.24) is 0 Å². The fourth-order valence-electron chi connectivity index (χ4n) is 6.03. The molecule has 1 saturated heterocycles. The standard InChI is InChI=1S/C22H28BNO2.ClH/c1-21(2)15-11-19(21)22(3)20(12-15)25-23(26-22)18(13-24)17-10-6-8-14-7-4-5-9-16(14)17;/h4-10,15,18-20H,11-13,24H2,1-3H3;1H/t15-,18-,19-,20+,22-;/m0./s1. The lowest BCUT2D eigenvalue weighted by Crippen LogP contribution is -2.65. The Hall–Kier alpha value is -1.07. The summed E-state index contributed by atoms with van der Waals surface area (Å²) in [6, 6.07) is 15.0. The van der Waals surface area contributed by atoms with Crippen LogP contribution in [0.25, 0.3) is 10.8 Å². The third kappa shape index (κ3) is 2.61. The lowest BCUT2D eigenvalue weighted by molar-refractivity contribution is -0.199. The van der Waals surface area contributed by atoms with E-state index in [0.29, 0.717) is 17.9 Å². The molecule has 3 nitrogen and oxygen atoms in total. The average molecular weight is 386 g/mol. The van der Waals surface area contributed by atoms with E-state index in [1.165, 1.54) is 22.8 Å². The molecule has 1 aliphatic heterocycles. The molecule has 3 saturated carbocycles. The Kier molecular flexibility index (Phi) is 4.63. The van der Waals surface area contributed by atoms with Gasteiger partial charge in [0, 0.05) is 5.82 Å². The summed E-state index contributed by atoms with van der Waals surface area (Å²) in [5.74, 6) is 1.40. The van der Waals surface area contributed by atoms with Crippen molar-refractivity contribution in [2.24, 2.45) is 23.0 Å². The van der Waals surface area contributed by atoms with Crippen LogP contribution in [0.4, 0.5) is 0 Å². The van der Waals surface area contributed by atoms with Crippen molar-refractivity contribution in [3.63, 3.8) is 0 Å². The van der Waals surface area contributed by atoms with Crippen molar-refractivity contribution < 1.29 is 9.31 Å². The molecule has 144 valence electrons. The summed E-state index contributed by atoms with van der Waals surface area (Å²) < 4.78 is 13.2. The number of hydrogen-bond donors (Lipinski definition) is 1. The molecule has 2 aromatic carbocycles. The molecule has 5 atom stereocenters. The lowest BCUT2D eigenvalue weighted by atomic mass is 9.43. The highest BCUT2D eigenvalue weighted by atomic mass is 35.5. The minimum absolute atomic E-state index is 0. The number of fused-ring (bicyclic) bond motifs is 1. The maximum atomic E-state index is 6.69. The van der Waals surface area contributed by atoms with Crippen LogP contribution >= 0.6 is 12.4 Å². The molecule has 2 bridgehead atoms. The Bertz CT molecular complexity index is 854. The van der Waals surface area contributed by atoms with E-state index in [-0.39, 0.29) is 37.0 Å². The van der Waals surface area contributed by atoms with Crippen LogP contribution in [0, 0.1) is 17.3 Å². The molecular weight excluding hydrogens is 357 g/mol. The maximum Gasteiger partial charge on any atom is 0.466 e. The molecule has 2 aromatic rings. The molecule has 2 N–H and O–H groups in total. The van der Waals surface area contributed by atoms with E-state index >= 15 is 0 Å². The molecule has 0 amide bonds. The number of hydrogen-bond acceptors (Lipinski definition) is 3. The molecule has 5 heteroatoms. The second-order valence-electron chi connectivity index (χ2n) is 9.25. The van der Waals surface area contributed by atoms with Crippen LogP contribution in [0.5, 0.6) is 0 Å². The van der Waals surface area contributed by atoms with Crippen LogP contribution in [0.1, 0.15) is 45.0 Å². The molecule has 27 heavy (non-hydrogen) atoms. The second kappa shape index (κ2) is 6.48. The van der Waals surface area contributed by atoms with Crippen molar-refractivity contribution in [3.05, 3.63) is 48.0 Å². The van der Waals surface area contributed by atoms with Crippen molar-refractivity contribution in [2.45, 2.75) is 51.1 Å². The second-order valence-corrected chi connectivity index (χ2v) is 9.25. The van der Waals surface area contributed by atoms with E-state index in [1.54, 1.807) is 0 Å². The normalized spacial score (nSPS) is 34.5. The van der Waals surface area contributed by atoms with Crippen LogP contribution in [-0.2, 0) is 9.31 Å². The van der Waals surface area contributed by atoms with Crippen LogP contribution in [0.15, 0.2) is 42.5 Å². The van der Waals surface area contributed by atoms with Gasteiger partial charge in [0.25, 0.3) is 0 Å². The van der Waals surface area contributed by atoms with Crippen molar-refractivity contribution in [1.29, 1.82) is 0 Å². The lowest BCUT2D eigenvalue weighted by Gasteiger charge is -2.64. The average Bonchev–Trinajstić information content (AvgIpc) is 2.99. The Morgan fingerprint density at radius 3 is 2.59 bits per heavy atom. The van der Waals surface area contributed by atoms with E-state index < -0.39 is 0 Å². The van der Waals surface area contributed by atoms with Gasteiger partial charge in [-0.1, -0.05) is 56.3 Å². The fourth-order valence-corrected chi connectivity index (χ4v) is 6.03. The number of halogens is 1. The summed E-state index contributed by atoms with van der Waals surface area (Å²) >= 11 is 0. The van der Waals surface area contributed by atoms with Crippen molar-refractivity contribution >= 4 is 30.3 Å². The Balaban J connectivity index is 0.00000180. The Labute approximate surface area is 168 Å². The van der Waals surface area contributed by atoms with E-state index in [2.05, 4.69) is 63.2 Å². The minimum atomic E-state index is -0.254. The summed E-state index contributed by atoms with van der Waals surface area (Å²) in [4.78, 5) is 0. The smallest absolute Gasteiger partial charge is 0.405 e. The third-order valence-corrected chi connectivity index (χ3v) is 7.77. The first-order valence-corrected chi connectivity index (χ1v) is 9.96. The molecule has 3 aliphatic carbocycles. The molecular formula is C22H29BClNO2. The Morgan fingerprint density at radius 2 is 1.85 bits per heavy atom. The van der Waals surface area contributed by atoms with E-state index in [0.717, 1.165) is 12.3 Å². The zero-order valence-electron chi connectivity index (χ0n) is 16.4. The predicted molar refractivity (Wildman–Crippen MR) is 113 cm³/mol. The molecule has 0 unspecified atom stereocenters. The molecule has 0 spiro atoms. The molecule has 4 aliphatic rings. The maximum absolute atomic E-state index is 6.69. The monoisotopic (exact) mass is 385 g/mol. The van der Waals surface area contributed by atoms with Crippen LogP contribution in [0.2, 0.25) is 0 Å². The van der Waals surface area contributed by atoms with Crippen LogP contribution < -0.4 is 5.73 Å². The van der Waals surface area contributed by atoms with Gasteiger partial charge in [-0.2, -0.15) is 0 Å². The summed E-state index contributed by atoms with van der Waals surface area (Å²) in [5.41, 5.74) is 7.67. The van der Waals surface area contributed by atoms with Crippen molar-refractivity contribution in [3.8, 4) is 0 Å². The highest BCUT2D eigenvalue weighted by molar-refractivity contribution is 6.48. The summed E-state index contributed by atoms with van der Waals surface area (Å²) in [6.07, 6.45) is 2.59. The minimum Gasteiger partial charge on any atom is -0.405 e. The van der Waals surface area contributed by atoms with Gasteiger partial charge in [-0.05, 0) is 59.9 Å². The Morgan fingerprint density at radius 1 is 1.11 bits per heavy atom. The first-order valence-electron chi connectivity index (χ1n) is 9.96. The van der Waals surface area contributed by atoms with Gasteiger partial charge >= 0.3 is 7.12 Å². The summed E-state index contributed by atoms with van der Waals surface area (Å²) in [6.45, 7) is 7.60.